The Bertz CT molecular complexity index is 556. The summed E-state index contributed by atoms with van der Waals surface area (Å²) in [5.74, 6) is 0.635. The van der Waals surface area contributed by atoms with Crippen LogP contribution in [-0.2, 0) is 13.0 Å². The van der Waals surface area contributed by atoms with E-state index in [1.165, 1.54) is 11.3 Å². The standard InChI is InChI=1S/C12H10Cl3NOS/c1-2-8-9(13)3-4-10(14)11(8)17-6-7-5-16-12(15)18-7/h3-5H,2,6H2,1H3. The molecule has 1 aromatic carbocycles. The molecule has 18 heavy (non-hydrogen) atoms. The molecule has 2 nitrogen and oxygen atoms in total. The molecule has 0 N–H and O–H groups in total. The van der Waals surface area contributed by atoms with Crippen molar-refractivity contribution in [2.45, 2.75) is 20.0 Å². The number of hydrogen-bond donors (Lipinski definition) is 0. The Morgan fingerprint density at radius 1 is 1.22 bits per heavy atom. The molecule has 0 spiro atoms. The van der Waals surface area contributed by atoms with Gasteiger partial charge in [-0.1, -0.05) is 41.7 Å². The van der Waals surface area contributed by atoms with Gasteiger partial charge in [-0.15, -0.1) is 11.3 Å². The fraction of sp³-hybridized carbons (Fsp3) is 0.250. The Morgan fingerprint density at radius 2 is 1.94 bits per heavy atom. The van der Waals surface area contributed by atoms with Gasteiger partial charge in [0.1, 0.15) is 12.4 Å². The second-order valence-electron chi connectivity index (χ2n) is 3.56. The summed E-state index contributed by atoms with van der Waals surface area (Å²) in [5, 5.41) is 1.23. The van der Waals surface area contributed by atoms with Crippen LogP contribution in [0.25, 0.3) is 0 Å². The zero-order valence-corrected chi connectivity index (χ0v) is 12.6. The average molecular weight is 323 g/mol. The summed E-state index contributed by atoms with van der Waals surface area (Å²) < 4.78 is 6.24. The molecule has 1 aromatic heterocycles. The zero-order valence-electron chi connectivity index (χ0n) is 9.54. The Hall–Kier alpha value is -0.480. The van der Waals surface area contributed by atoms with E-state index < -0.39 is 0 Å². The molecule has 2 rings (SSSR count). The highest BCUT2D eigenvalue weighted by molar-refractivity contribution is 7.15. The van der Waals surface area contributed by atoms with Crippen molar-refractivity contribution in [3.63, 3.8) is 0 Å². The molecule has 0 fully saturated rings. The van der Waals surface area contributed by atoms with E-state index in [4.69, 9.17) is 39.5 Å². The summed E-state index contributed by atoms with van der Waals surface area (Å²) in [4.78, 5) is 4.90. The molecule has 0 radical (unpaired) electrons. The van der Waals surface area contributed by atoms with Gasteiger partial charge in [-0.05, 0) is 18.6 Å². The van der Waals surface area contributed by atoms with Gasteiger partial charge in [0.15, 0.2) is 4.47 Å². The minimum Gasteiger partial charge on any atom is -0.486 e. The van der Waals surface area contributed by atoms with Crippen LogP contribution in [-0.4, -0.2) is 4.98 Å². The first-order valence-electron chi connectivity index (χ1n) is 5.31. The number of ether oxygens (including phenoxy) is 1. The number of aromatic nitrogens is 1. The van der Waals surface area contributed by atoms with Gasteiger partial charge in [0.25, 0.3) is 0 Å². The van der Waals surface area contributed by atoms with Gasteiger partial charge in [0, 0.05) is 16.8 Å². The van der Waals surface area contributed by atoms with E-state index in [9.17, 15) is 0 Å². The normalized spacial score (nSPS) is 10.7. The van der Waals surface area contributed by atoms with Gasteiger partial charge in [0.2, 0.25) is 0 Å². The minimum atomic E-state index is 0.386. The van der Waals surface area contributed by atoms with Crippen molar-refractivity contribution in [1.29, 1.82) is 0 Å². The minimum absolute atomic E-state index is 0.386. The van der Waals surface area contributed by atoms with Crippen LogP contribution in [0.2, 0.25) is 14.5 Å². The molecule has 0 bridgehead atoms. The van der Waals surface area contributed by atoms with Crippen LogP contribution in [0.5, 0.6) is 5.75 Å². The Morgan fingerprint density at radius 3 is 2.56 bits per heavy atom. The van der Waals surface area contributed by atoms with E-state index >= 15 is 0 Å². The maximum atomic E-state index is 6.13. The lowest BCUT2D eigenvalue weighted by atomic mass is 10.1. The third kappa shape index (κ3) is 3.09. The molecule has 6 heteroatoms. The molecular weight excluding hydrogens is 313 g/mol. The Kier molecular flexibility index (Phi) is 4.73. The molecule has 0 aliphatic heterocycles. The quantitative estimate of drug-likeness (QED) is 0.767. The molecule has 0 saturated carbocycles. The van der Waals surface area contributed by atoms with Crippen LogP contribution in [0.3, 0.4) is 0 Å². The first kappa shape index (κ1) is 13.9. The molecule has 0 aliphatic rings. The lowest BCUT2D eigenvalue weighted by molar-refractivity contribution is 0.306. The van der Waals surface area contributed by atoms with Crippen LogP contribution >= 0.6 is 46.1 Å². The molecule has 0 saturated heterocycles. The highest BCUT2D eigenvalue weighted by atomic mass is 35.5. The van der Waals surface area contributed by atoms with Crippen LogP contribution in [0.1, 0.15) is 17.4 Å². The summed E-state index contributed by atoms with van der Waals surface area (Å²) in [6.07, 6.45) is 2.45. The maximum absolute atomic E-state index is 6.13. The highest BCUT2D eigenvalue weighted by Crippen LogP contribution is 2.35. The highest BCUT2D eigenvalue weighted by Gasteiger charge is 2.12. The maximum Gasteiger partial charge on any atom is 0.183 e. The van der Waals surface area contributed by atoms with Crippen LogP contribution < -0.4 is 4.74 Å². The number of thiazole rings is 1. The Balaban J connectivity index is 2.20. The van der Waals surface area contributed by atoms with Crippen molar-refractivity contribution < 1.29 is 4.74 Å². The van der Waals surface area contributed by atoms with Crippen molar-refractivity contribution >= 4 is 46.1 Å². The number of hydrogen-bond acceptors (Lipinski definition) is 3. The van der Waals surface area contributed by atoms with Gasteiger partial charge in [-0.2, -0.15) is 0 Å². The van der Waals surface area contributed by atoms with E-state index in [-0.39, 0.29) is 0 Å². The second-order valence-corrected chi connectivity index (χ2v) is 6.07. The monoisotopic (exact) mass is 321 g/mol. The van der Waals surface area contributed by atoms with Crippen molar-refractivity contribution in [2.75, 3.05) is 0 Å². The van der Waals surface area contributed by atoms with E-state index in [0.29, 0.717) is 26.9 Å². The number of rotatable bonds is 4. The number of halogens is 3. The Labute approximate surface area is 124 Å². The molecule has 2 aromatic rings. The summed E-state index contributed by atoms with van der Waals surface area (Å²) >= 11 is 19.4. The summed E-state index contributed by atoms with van der Waals surface area (Å²) in [7, 11) is 0. The SMILES string of the molecule is CCc1c(Cl)ccc(Cl)c1OCc1cnc(Cl)s1. The van der Waals surface area contributed by atoms with Crippen molar-refractivity contribution in [2.24, 2.45) is 0 Å². The van der Waals surface area contributed by atoms with E-state index in [0.717, 1.165) is 16.9 Å². The second kappa shape index (κ2) is 6.11. The third-order valence-electron chi connectivity index (χ3n) is 2.39. The molecule has 96 valence electrons. The molecular formula is C12H10Cl3NOS. The van der Waals surface area contributed by atoms with Gasteiger partial charge in [-0.3, -0.25) is 0 Å². The van der Waals surface area contributed by atoms with Gasteiger partial charge in [-0.25, -0.2) is 4.98 Å². The molecule has 0 unspecified atom stereocenters. The molecule has 0 aliphatic carbocycles. The van der Waals surface area contributed by atoms with Crippen molar-refractivity contribution in [1.82, 2.24) is 4.98 Å². The fourth-order valence-electron chi connectivity index (χ4n) is 1.55. The van der Waals surface area contributed by atoms with Crippen LogP contribution in [0.4, 0.5) is 0 Å². The number of benzene rings is 1. The van der Waals surface area contributed by atoms with E-state index in [1.54, 1.807) is 18.3 Å². The van der Waals surface area contributed by atoms with E-state index in [2.05, 4.69) is 4.98 Å². The van der Waals surface area contributed by atoms with E-state index in [1.807, 2.05) is 6.92 Å². The van der Waals surface area contributed by atoms with Crippen LogP contribution in [0, 0.1) is 0 Å². The predicted octanol–water partition coefficient (Wildman–Crippen LogP) is 5.24. The third-order valence-corrected chi connectivity index (χ3v) is 4.13. The summed E-state index contributed by atoms with van der Waals surface area (Å²) in [6, 6.07) is 3.51. The van der Waals surface area contributed by atoms with Crippen molar-refractivity contribution in [3.8, 4) is 5.75 Å². The first-order chi connectivity index (χ1) is 8.61. The summed E-state index contributed by atoms with van der Waals surface area (Å²) in [6.45, 7) is 2.39. The molecule has 1 heterocycles. The predicted molar refractivity (Wildman–Crippen MR) is 77.3 cm³/mol. The van der Waals surface area contributed by atoms with Gasteiger partial charge >= 0.3 is 0 Å². The zero-order chi connectivity index (χ0) is 13.1. The topological polar surface area (TPSA) is 22.1 Å². The van der Waals surface area contributed by atoms with Gasteiger partial charge in [0.05, 0.1) is 9.90 Å². The van der Waals surface area contributed by atoms with Crippen LogP contribution in [0.15, 0.2) is 18.3 Å². The smallest absolute Gasteiger partial charge is 0.183 e. The molecule has 0 amide bonds. The van der Waals surface area contributed by atoms with Gasteiger partial charge < -0.3 is 4.74 Å². The first-order valence-corrected chi connectivity index (χ1v) is 7.26. The lowest BCUT2D eigenvalue weighted by Gasteiger charge is -2.12. The number of nitrogens with zero attached hydrogens (tertiary/aromatic N) is 1. The van der Waals surface area contributed by atoms with Crippen molar-refractivity contribution in [3.05, 3.63) is 43.3 Å². The average Bonchev–Trinajstić information content (AvgIpc) is 2.76. The fourth-order valence-corrected chi connectivity index (χ4v) is 2.96. The molecule has 0 atom stereocenters. The summed E-state index contributed by atoms with van der Waals surface area (Å²) in [5.41, 5.74) is 0.916. The lowest BCUT2D eigenvalue weighted by Crippen LogP contribution is -1.98. The largest absolute Gasteiger partial charge is 0.486 e.